The average molecular weight is 341 g/mol. The number of nitrogens with one attached hydrogen (secondary N) is 1. The highest BCUT2D eigenvalue weighted by Crippen LogP contribution is 2.26. The molecule has 1 aromatic heterocycles. The van der Waals surface area contributed by atoms with Crippen molar-refractivity contribution in [2.75, 3.05) is 26.7 Å². The van der Waals surface area contributed by atoms with Gasteiger partial charge in [-0.05, 0) is 39.4 Å². The SMILES string of the molecule is Cc1cc(C(C)NC(=O)N2CCN(C)CC2c2ccccc2)c(C)o1. The van der Waals surface area contributed by atoms with Crippen LogP contribution in [0.3, 0.4) is 0 Å². The van der Waals surface area contributed by atoms with E-state index in [1.165, 1.54) is 5.56 Å². The summed E-state index contributed by atoms with van der Waals surface area (Å²) in [6.07, 6.45) is 0. The summed E-state index contributed by atoms with van der Waals surface area (Å²) in [5.41, 5.74) is 2.21. The van der Waals surface area contributed by atoms with Crippen LogP contribution in [0.4, 0.5) is 4.79 Å². The first-order valence-corrected chi connectivity index (χ1v) is 8.83. The molecule has 1 fully saturated rings. The topological polar surface area (TPSA) is 48.7 Å². The number of hydrogen-bond donors (Lipinski definition) is 1. The van der Waals surface area contributed by atoms with Crippen LogP contribution in [0.5, 0.6) is 0 Å². The Morgan fingerprint density at radius 1 is 1.24 bits per heavy atom. The largest absolute Gasteiger partial charge is 0.466 e. The third kappa shape index (κ3) is 3.87. The molecule has 0 aliphatic carbocycles. The van der Waals surface area contributed by atoms with Crippen molar-refractivity contribution in [2.24, 2.45) is 0 Å². The molecule has 2 amide bonds. The van der Waals surface area contributed by atoms with E-state index in [-0.39, 0.29) is 18.1 Å². The van der Waals surface area contributed by atoms with Crippen LogP contribution in [0.2, 0.25) is 0 Å². The maximum Gasteiger partial charge on any atom is 0.318 e. The Bertz CT molecular complexity index is 726. The van der Waals surface area contributed by atoms with Crippen molar-refractivity contribution in [3.8, 4) is 0 Å². The maximum absolute atomic E-state index is 13.0. The number of carbonyl (C=O) groups excluding carboxylic acids is 1. The lowest BCUT2D eigenvalue weighted by molar-refractivity contribution is 0.107. The quantitative estimate of drug-likeness (QED) is 0.927. The van der Waals surface area contributed by atoms with Gasteiger partial charge >= 0.3 is 6.03 Å². The summed E-state index contributed by atoms with van der Waals surface area (Å²) in [6.45, 7) is 8.32. The predicted molar refractivity (Wildman–Crippen MR) is 98.5 cm³/mol. The number of carbonyl (C=O) groups is 1. The molecule has 1 aliphatic heterocycles. The molecule has 0 radical (unpaired) electrons. The number of amides is 2. The highest BCUT2D eigenvalue weighted by Gasteiger charge is 2.31. The summed E-state index contributed by atoms with van der Waals surface area (Å²) in [7, 11) is 2.10. The standard InChI is InChI=1S/C20H27N3O2/c1-14-12-18(16(3)25-14)15(2)21-20(24)23-11-10-22(4)13-19(23)17-8-6-5-7-9-17/h5-9,12,15,19H,10-11,13H2,1-4H3,(H,21,24). The molecule has 5 nitrogen and oxygen atoms in total. The molecule has 2 unspecified atom stereocenters. The second-order valence-electron chi connectivity index (χ2n) is 6.92. The van der Waals surface area contributed by atoms with Crippen LogP contribution < -0.4 is 5.32 Å². The zero-order valence-electron chi connectivity index (χ0n) is 15.5. The third-order valence-corrected chi connectivity index (χ3v) is 4.91. The molecule has 1 aromatic carbocycles. The van der Waals surface area contributed by atoms with Crippen molar-refractivity contribution >= 4 is 6.03 Å². The molecule has 2 atom stereocenters. The molecule has 134 valence electrons. The Balaban J connectivity index is 1.76. The Kier molecular flexibility index (Phi) is 5.13. The normalized spacial score (nSPS) is 19.7. The first-order chi connectivity index (χ1) is 12.0. The number of rotatable bonds is 3. The summed E-state index contributed by atoms with van der Waals surface area (Å²) in [5.74, 6) is 1.73. The van der Waals surface area contributed by atoms with E-state index in [2.05, 4.69) is 29.4 Å². The van der Waals surface area contributed by atoms with Gasteiger partial charge in [-0.3, -0.25) is 0 Å². The van der Waals surface area contributed by atoms with Gasteiger partial charge in [-0.2, -0.15) is 0 Å². The minimum atomic E-state index is -0.0824. The Morgan fingerprint density at radius 2 is 1.96 bits per heavy atom. The van der Waals surface area contributed by atoms with E-state index in [0.29, 0.717) is 0 Å². The molecule has 0 spiro atoms. The van der Waals surface area contributed by atoms with Gasteiger partial charge in [0.1, 0.15) is 11.5 Å². The van der Waals surface area contributed by atoms with E-state index in [1.807, 2.05) is 49.9 Å². The number of urea groups is 1. The summed E-state index contributed by atoms with van der Waals surface area (Å²) in [5, 5.41) is 3.14. The van der Waals surface area contributed by atoms with Crippen LogP contribution in [0.1, 0.15) is 41.7 Å². The van der Waals surface area contributed by atoms with Gasteiger partial charge in [-0.25, -0.2) is 4.79 Å². The lowest BCUT2D eigenvalue weighted by atomic mass is 10.0. The molecule has 3 rings (SSSR count). The van der Waals surface area contributed by atoms with Gasteiger partial charge in [-0.1, -0.05) is 30.3 Å². The number of furan rings is 1. The molecule has 1 saturated heterocycles. The van der Waals surface area contributed by atoms with Crippen LogP contribution in [-0.2, 0) is 0 Å². The van der Waals surface area contributed by atoms with Crippen LogP contribution in [0.25, 0.3) is 0 Å². The summed E-state index contributed by atoms with van der Waals surface area (Å²) in [4.78, 5) is 17.2. The third-order valence-electron chi connectivity index (χ3n) is 4.91. The lowest BCUT2D eigenvalue weighted by Gasteiger charge is -2.40. The number of likely N-dealkylation sites (N-methyl/N-ethyl adjacent to an activating group) is 1. The number of hydrogen-bond acceptors (Lipinski definition) is 3. The number of benzene rings is 1. The Hall–Kier alpha value is -2.27. The molecule has 1 aliphatic rings. The van der Waals surface area contributed by atoms with E-state index in [0.717, 1.165) is 36.7 Å². The van der Waals surface area contributed by atoms with Gasteiger partial charge < -0.3 is 19.5 Å². The van der Waals surface area contributed by atoms with Crippen LogP contribution in [0, 0.1) is 13.8 Å². The fraction of sp³-hybridized carbons (Fsp3) is 0.450. The smallest absolute Gasteiger partial charge is 0.318 e. The van der Waals surface area contributed by atoms with E-state index in [1.54, 1.807) is 0 Å². The van der Waals surface area contributed by atoms with Gasteiger partial charge in [0.05, 0.1) is 12.1 Å². The second-order valence-corrected chi connectivity index (χ2v) is 6.92. The van der Waals surface area contributed by atoms with Gasteiger partial charge in [0.2, 0.25) is 0 Å². The summed E-state index contributed by atoms with van der Waals surface area (Å²) in [6, 6.07) is 12.2. The maximum atomic E-state index is 13.0. The summed E-state index contributed by atoms with van der Waals surface area (Å²) >= 11 is 0. The van der Waals surface area contributed by atoms with Gasteiger partial charge in [0.15, 0.2) is 0 Å². The molecule has 2 heterocycles. The Morgan fingerprint density at radius 3 is 2.60 bits per heavy atom. The van der Waals surface area contributed by atoms with Gasteiger partial charge in [0.25, 0.3) is 0 Å². The molecular formula is C20H27N3O2. The van der Waals surface area contributed by atoms with Crippen molar-refractivity contribution in [3.05, 3.63) is 59.0 Å². The van der Waals surface area contributed by atoms with E-state index >= 15 is 0 Å². The van der Waals surface area contributed by atoms with E-state index in [9.17, 15) is 4.79 Å². The fourth-order valence-corrected chi connectivity index (χ4v) is 3.55. The number of piperazine rings is 1. The first-order valence-electron chi connectivity index (χ1n) is 8.83. The minimum absolute atomic E-state index is 0.0206. The van der Waals surface area contributed by atoms with Crippen LogP contribution in [0.15, 0.2) is 40.8 Å². The van der Waals surface area contributed by atoms with E-state index < -0.39 is 0 Å². The lowest BCUT2D eigenvalue weighted by Crippen LogP contribution is -2.52. The van der Waals surface area contributed by atoms with Crippen molar-refractivity contribution in [1.82, 2.24) is 15.1 Å². The molecule has 25 heavy (non-hydrogen) atoms. The van der Waals surface area contributed by atoms with Gasteiger partial charge in [0, 0.05) is 25.2 Å². The monoisotopic (exact) mass is 341 g/mol. The Labute approximate surface area is 149 Å². The average Bonchev–Trinajstić information content (AvgIpc) is 2.94. The highest BCUT2D eigenvalue weighted by atomic mass is 16.3. The van der Waals surface area contributed by atoms with Crippen LogP contribution in [-0.4, -0.2) is 42.5 Å². The zero-order valence-corrected chi connectivity index (χ0v) is 15.5. The van der Waals surface area contributed by atoms with Crippen molar-refractivity contribution in [3.63, 3.8) is 0 Å². The van der Waals surface area contributed by atoms with Crippen LogP contribution >= 0.6 is 0 Å². The first kappa shape index (κ1) is 17.5. The molecule has 5 heteroatoms. The minimum Gasteiger partial charge on any atom is -0.466 e. The van der Waals surface area contributed by atoms with E-state index in [4.69, 9.17) is 4.42 Å². The number of aryl methyl sites for hydroxylation is 2. The summed E-state index contributed by atoms with van der Waals surface area (Å²) < 4.78 is 5.60. The second kappa shape index (κ2) is 7.31. The molecule has 0 bridgehead atoms. The zero-order chi connectivity index (χ0) is 18.0. The fourth-order valence-electron chi connectivity index (χ4n) is 3.55. The molecule has 0 saturated carbocycles. The highest BCUT2D eigenvalue weighted by molar-refractivity contribution is 5.75. The van der Waals surface area contributed by atoms with Crippen molar-refractivity contribution in [2.45, 2.75) is 32.9 Å². The van der Waals surface area contributed by atoms with Gasteiger partial charge in [-0.15, -0.1) is 0 Å². The van der Waals surface area contributed by atoms with Crippen molar-refractivity contribution < 1.29 is 9.21 Å². The number of nitrogens with zero attached hydrogens (tertiary/aromatic N) is 2. The van der Waals surface area contributed by atoms with Crippen molar-refractivity contribution in [1.29, 1.82) is 0 Å². The predicted octanol–water partition coefficient (Wildman–Crippen LogP) is 3.66. The molecular weight excluding hydrogens is 314 g/mol. The molecule has 2 aromatic rings. The molecule has 1 N–H and O–H groups in total.